The van der Waals surface area contributed by atoms with E-state index in [0.29, 0.717) is 11.5 Å². The zero-order valence-electron chi connectivity index (χ0n) is 11.9. The van der Waals surface area contributed by atoms with E-state index in [1.807, 2.05) is 0 Å². The van der Waals surface area contributed by atoms with Crippen LogP contribution in [0.1, 0.15) is 47.0 Å². The maximum Gasteiger partial charge on any atom is 0.0195 e. The van der Waals surface area contributed by atoms with Crippen molar-refractivity contribution in [2.24, 2.45) is 5.41 Å². The van der Waals surface area contributed by atoms with Crippen molar-refractivity contribution < 1.29 is 0 Å². The van der Waals surface area contributed by atoms with Gasteiger partial charge in [-0.25, -0.2) is 0 Å². The van der Waals surface area contributed by atoms with Crippen molar-refractivity contribution in [1.82, 2.24) is 10.2 Å². The number of hydrogen-bond acceptors (Lipinski definition) is 2. The van der Waals surface area contributed by atoms with Gasteiger partial charge in [-0.1, -0.05) is 32.4 Å². The second-order valence-electron chi connectivity index (χ2n) is 6.76. The summed E-state index contributed by atoms with van der Waals surface area (Å²) in [7, 11) is 0. The normalized spacial score (nSPS) is 24.6. The predicted molar refractivity (Wildman–Crippen MR) is 74.2 cm³/mol. The third kappa shape index (κ3) is 3.82. The van der Waals surface area contributed by atoms with Crippen LogP contribution in [0.15, 0.2) is 11.6 Å². The molecule has 17 heavy (non-hydrogen) atoms. The molecule has 1 unspecified atom stereocenters. The maximum absolute atomic E-state index is 3.63. The molecule has 0 saturated heterocycles. The number of rotatable bonds is 4. The van der Waals surface area contributed by atoms with Crippen molar-refractivity contribution in [2.75, 3.05) is 19.6 Å². The average molecular weight is 236 g/mol. The molecule has 1 fully saturated rings. The van der Waals surface area contributed by atoms with E-state index in [4.69, 9.17) is 0 Å². The van der Waals surface area contributed by atoms with Gasteiger partial charge in [0.1, 0.15) is 0 Å². The Hall–Kier alpha value is -0.340. The van der Waals surface area contributed by atoms with E-state index >= 15 is 0 Å². The largest absolute Gasteiger partial charge is 0.312 e. The molecule has 1 N–H and O–H groups in total. The van der Waals surface area contributed by atoms with Crippen LogP contribution >= 0.6 is 0 Å². The molecule has 0 aromatic heterocycles. The van der Waals surface area contributed by atoms with Gasteiger partial charge in [0.15, 0.2) is 0 Å². The first kappa shape index (κ1) is 13.1. The molecular formula is C15H28N2. The van der Waals surface area contributed by atoms with Crippen LogP contribution in [0.3, 0.4) is 0 Å². The van der Waals surface area contributed by atoms with Crippen molar-refractivity contribution in [2.45, 2.75) is 59.0 Å². The summed E-state index contributed by atoms with van der Waals surface area (Å²) in [5.74, 6) is 0. The molecular weight excluding hydrogens is 208 g/mol. The Morgan fingerprint density at radius 3 is 2.59 bits per heavy atom. The lowest BCUT2D eigenvalue weighted by atomic mass is 9.83. The fourth-order valence-corrected chi connectivity index (χ4v) is 2.52. The second kappa shape index (κ2) is 5.11. The highest BCUT2D eigenvalue weighted by atomic mass is 15.2. The summed E-state index contributed by atoms with van der Waals surface area (Å²) in [6.07, 6.45) is 6.48. The Bertz CT molecular complexity index is 284. The minimum Gasteiger partial charge on any atom is -0.312 e. The number of nitrogens with zero attached hydrogens (tertiary/aromatic N) is 1. The van der Waals surface area contributed by atoms with Crippen molar-refractivity contribution in [3.63, 3.8) is 0 Å². The first-order chi connectivity index (χ1) is 7.97. The SMILES string of the molecule is CC(CNC1CC1)N1CC=C(C(C)(C)C)CC1. The van der Waals surface area contributed by atoms with Gasteiger partial charge in [0.05, 0.1) is 0 Å². The Balaban J connectivity index is 1.78. The van der Waals surface area contributed by atoms with Crippen LogP contribution in [0.4, 0.5) is 0 Å². The molecule has 2 nitrogen and oxygen atoms in total. The highest BCUT2D eigenvalue weighted by molar-refractivity contribution is 5.14. The minimum atomic E-state index is 0.363. The molecule has 1 atom stereocenters. The highest BCUT2D eigenvalue weighted by Gasteiger charge is 2.25. The second-order valence-corrected chi connectivity index (χ2v) is 6.76. The topological polar surface area (TPSA) is 15.3 Å². The lowest BCUT2D eigenvalue weighted by Gasteiger charge is -2.35. The molecule has 0 spiro atoms. The van der Waals surface area contributed by atoms with Gasteiger partial charge in [-0.2, -0.15) is 0 Å². The molecule has 0 aromatic rings. The van der Waals surface area contributed by atoms with Crippen LogP contribution in [0, 0.1) is 5.41 Å². The van der Waals surface area contributed by atoms with E-state index < -0.39 is 0 Å². The number of hydrogen-bond donors (Lipinski definition) is 1. The standard InChI is InChI=1S/C15H28N2/c1-12(11-16-14-5-6-14)17-9-7-13(8-10-17)15(2,3)4/h7,12,14,16H,5-6,8-11H2,1-4H3. The summed E-state index contributed by atoms with van der Waals surface area (Å²) < 4.78 is 0. The van der Waals surface area contributed by atoms with E-state index in [9.17, 15) is 0 Å². The maximum atomic E-state index is 3.63. The summed E-state index contributed by atoms with van der Waals surface area (Å²) in [5, 5.41) is 3.63. The minimum absolute atomic E-state index is 0.363. The summed E-state index contributed by atoms with van der Waals surface area (Å²) in [5.41, 5.74) is 2.00. The zero-order chi connectivity index (χ0) is 12.5. The summed E-state index contributed by atoms with van der Waals surface area (Å²) in [6, 6.07) is 1.51. The van der Waals surface area contributed by atoms with Crippen molar-refractivity contribution in [1.29, 1.82) is 0 Å². The molecule has 2 aliphatic rings. The van der Waals surface area contributed by atoms with Crippen molar-refractivity contribution in [3.05, 3.63) is 11.6 Å². The molecule has 1 saturated carbocycles. The Kier molecular flexibility index (Phi) is 3.94. The van der Waals surface area contributed by atoms with E-state index in [0.717, 1.165) is 19.1 Å². The lowest BCUT2D eigenvalue weighted by Crippen LogP contribution is -2.43. The Morgan fingerprint density at radius 1 is 1.41 bits per heavy atom. The summed E-state index contributed by atoms with van der Waals surface area (Å²) >= 11 is 0. The van der Waals surface area contributed by atoms with E-state index in [2.05, 4.69) is 44.0 Å². The molecule has 2 rings (SSSR count). The summed E-state index contributed by atoms with van der Waals surface area (Å²) in [6.45, 7) is 12.9. The van der Waals surface area contributed by atoms with Crippen molar-refractivity contribution in [3.8, 4) is 0 Å². The molecule has 1 aliphatic carbocycles. The average Bonchev–Trinajstić information content (AvgIpc) is 3.09. The quantitative estimate of drug-likeness (QED) is 0.755. The van der Waals surface area contributed by atoms with Gasteiger partial charge in [0.2, 0.25) is 0 Å². The van der Waals surface area contributed by atoms with Gasteiger partial charge in [-0.3, -0.25) is 4.90 Å². The molecule has 0 bridgehead atoms. The highest BCUT2D eigenvalue weighted by Crippen LogP contribution is 2.30. The molecule has 98 valence electrons. The van der Waals surface area contributed by atoms with E-state index in [1.54, 1.807) is 5.57 Å². The van der Waals surface area contributed by atoms with Crippen LogP contribution in [0.2, 0.25) is 0 Å². The fourth-order valence-electron chi connectivity index (χ4n) is 2.52. The van der Waals surface area contributed by atoms with Gasteiger partial charge in [0.25, 0.3) is 0 Å². The van der Waals surface area contributed by atoms with Crippen LogP contribution < -0.4 is 5.32 Å². The molecule has 2 heteroatoms. The molecule has 0 amide bonds. The molecule has 1 aliphatic heterocycles. The zero-order valence-corrected chi connectivity index (χ0v) is 11.9. The van der Waals surface area contributed by atoms with Gasteiger partial charge >= 0.3 is 0 Å². The fraction of sp³-hybridized carbons (Fsp3) is 0.867. The Labute approximate surface area is 106 Å². The third-order valence-corrected chi connectivity index (χ3v) is 4.11. The van der Waals surface area contributed by atoms with Crippen LogP contribution in [0.5, 0.6) is 0 Å². The predicted octanol–water partition coefficient (Wildman–Crippen LogP) is 2.81. The van der Waals surface area contributed by atoms with Gasteiger partial charge in [-0.05, 0) is 31.6 Å². The Morgan fingerprint density at radius 2 is 2.12 bits per heavy atom. The number of nitrogens with one attached hydrogen (secondary N) is 1. The van der Waals surface area contributed by atoms with E-state index in [-0.39, 0.29) is 0 Å². The van der Waals surface area contributed by atoms with Gasteiger partial charge in [0, 0.05) is 31.7 Å². The third-order valence-electron chi connectivity index (χ3n) is 4.11. The first-order valence-corrected chi connectivity index (χ1v) is 7.14. The lowest BCUT2D eigenvalue weighted by molar-refractivity contribution is 0.211. The van der Waals surface area contributed by atoms with Crippen molar-refractivity contribution >= 4 is 0 Å². The first-order valence-electron chi connectivity index (χ1n) is 7.14. The van der Waals surface area contributed by atoms with Crippen LogP contribution in [-0.2, 0) is 0 Å². The monoisotopic (exact) mass is 236 g/mol. The van der Waals surface area contributed by atoms with Gasteiger partial charge < -0.3 is 5.32 Å². The van der Waals surface area contributed by atoms with Crippen LogP contribution in [-0.4, -0.2) is 36.6 Å². The smallest absolute Gasteiger partial charge is 0.0195 e. The van der Waals surface area contributed by atoms with E-state index in [1.165, 1.54) is 25.8 Å². The molecule has 0 aromatic carbocycles. The molecule has 1 heterocycles. The molecule has 0 radical (unpaired) electrons. The van der Waals surface area contributed by atoms with Gasteiger partial charge in [-0.15, -0.1) is 0 Å². The van der Waals surface area contributed by atoms with Crippen LogP contribution in [0.25, 0.3) is 0 Å². The summed E-state index contributed by atoms with van der Waals surface area (Å²) in [4.78, 5) is 2.60.